The van der Waals surface area contributed by atoms with Gasteiger partial charge in [-0.3, -0.25) is 0 Å². The fourth-order valence-corrected chi connectivity index (χ4v) is 1.10. The van der Waals surface area contributed by atoms with E-state index in [1.807, 2.05) is 12.1 Å². The number of pyridine rings is 1. The number of aliphatic hydroxyl groups excluding tert-OH is 2. The molecule has 0 aliphatic carbocycles. The van der Waals surface area contributed by atoms with Crippen LogP contribution in [0, 0.1) is 0 Å². The van der Waals surface area contributed by atoms with Gasteiger partial charge in [0.05, 0.1) is 6.61 Å². The second-order valence-corrected chi connectivity index (χ2v) is 3.73. The molecule has 1 heterocycles. The Bertz CT molecular complexity index is 302. The second-order valence-electron chi connectivity index (χ2n) is 3.73. The Balaban J connectivity index is 2.58. The van der Waals surface area contributed by atoms with Gasteiger partial charge in [-0.25, -0.2) is 4.98 Å². The summed E-state index contributed by atoms with van der Waals surface area (Å²) in [4.78, 5) is 4.01. The highest BCUT2D eigenvalue weighted by Crippen LogP contribution is 2.17. The molecule has 15 heavy (non-hydrogen) atoms. The van der Waals surface area contributed by atoms with Gasteiger partial charge in [-0.15, -0.1) is 0 Å². The number of nitrogens with zero attached hydrogens (tertiary/aromatic N) is 1. The van der Waals surface area contributed by atoms with Gasteiger partial charge >= 0.3 is 0 Å². The number of hydrogen-bond acceptors (Lipinski definition) is 4. The predicted octanol–water partition coefficient (Wildman–Crippen LogP) is 0.937. The summed E-state index contributed by atoms with van der Waals surface area (Å²) in [6.07, 6.45) is 0.824. The summed E-state index contributed by atoms with van der Waals surface area (Å²) in [6.45, 7) is 3.93. The van der Waals surface area contributed by atoms with Crippen LogP contribution >= 0.6 is 0 Å². The van der Waals surface area contributed by atoms with Gasteiger partial charge in [-0.05, 0) is 17.5 Å². The third kappa shape index (κ3) is 3.85. The lowest BCUT2D eigenvalue weighted by atomic mass is 10.1. The van der Waals surface area contributed by atoms with E-state index in [9.17, 15) is 0 Å². The summed E-state index contributed by atoms with van der Waals surface area (Å²) >= 11 is 0. The predicted molar refractivity (Wildman–Crippen MR) is 56.9 cm³/mol. The molecule has 1 aromatic heterocycles. The first-order valence-corrected chi connectivity index (χ1v) is 5.01. The zero-order valence-electron chi connectivity index (χ0n) is 9.05. The number of hydrogen-bond donors (Lipinski definition) is 2. The molecule has 4 heteroatoms. The van der Waals surface area contributed by atoms with E-state index >= 15 is 0 Å². The van der Waals surface area contributed by atoms with Crippen LogP contribution in [0.2, 0.25) is 0 Å². The first kappa shape index (κ1) is 11.9. The normalized spacial score (nSPS) is 12.9. The Morgan fingerprint density at radius 2 is 2.20 bits per heavy atom. The third-order valence-electron chi connectivity index (χ3n) is 2.06. The fraction of sp³-hybridized carbons (Fsp3) is 0.545. The summed E-state index contributed by atoms with van der Waals surface area (Å²) in [5.74, 6) is 0.895. The molecule has 0 bridgehead atoms. The molecule has 0 unspecified atom stereocenters. The maximum absolute atomic E-state index is 9.09. The molecular weight excluding hydrogens is 194 g/mol. The number of rotatable bonds is 5. The lowest BCUT2D eigenvalue weighted by molar-refractivity contribution is 0.0521. The molecule has 0 saturated heterocycles. The zero-order valence-corrected chi connectivity index (χ0v) is 9.05. The van der Waals surface area contributed by atoms with Gasteiger partial charge in [0.15, 0.2) is 0 Å². The summed E-state index contributed by atoms with van der Waals surface area (Å²) < 4.78 is 5.23. The molecular formula is C11H17NO3. The van der Waals surface area contributed by atoms with E-state index in [1.165, 1.54) is 0 Å². The molecule has 1 atom stereocenters. The Morgan fingerprint density at radius 3 is 2.80 bits per heavy atom. The third-order valence-corrected chi connectivity index (χ3v) is 2.06. The second kappa shape index (κ2) is 5.68. The van der Waals surface area contributed by atoms with Gasteiger partial charge in [-0.1, -0.05) is 13.8 Å². The van der Waals surface area contributed by atoms with Gasteiger partial charge in [0.1, 0.15) is 12.7 Å². The molecule has 0 amide bonds. The molecule has 0 radical (unpaired) electrons. The molecule has 0 aromatic carbocycles. The average Bonchev–Trinajstić information content (AvgIpc) is 2.26. The van der Waals surface area contributed by atoms with Crippen molar-refractivity contribution in [2.45, 2.75) is 25.9 Å². The Kier molecular flexibility index (Phi) is 4.52. The number of aliphatic hydroxyl groups is 2. The minimum atomic E-state index is -0.852. The van der Waals surface area contributed by atoms with Crippen molar-refractivity contribution in [1.29, 1.82) is 0 Å². The van der Waals surface area contributed by atoms with Crippen LogP contribution in [0.4, 0.5) is 0 Å². The van der Waals surface area contributed by atoms with Crippen LogP contribution in [0.5, 0.6) is 5.88 Å². The van der Waals surface area contributed by atoms with Crippen LogP contribution in [0.25, 0.3) is 0 Å². The minimum absolute atomic E-state index is 0.0606. The lowest BCUT2D eigenvalue weighted by Crippen LogP contribution is -2.21. The van der Waals surface area contributed by atoms with Crippen molar-refractivity contribution in [3.05, 3.63) is 23.9 Å². The molecule has 0 aliphatic rings. The summed E-state index contributed by atoms with van der Waals surface area (Å²) in [7, 11) is 0. The van der Waals surface area contributed by atoms with Crippen molar-refractivity contribution in [3.63, 3.8) is 0 Å². The maximum atomic E-state index is 9.09. The first-order valence-electron chi connectivity index (χ1n) is 5.01. The molecule has 1 rings (SSSR count). The highest BCUT2D eigenvalue weighted by molar-refractivity contribution is 5.23. The molecule has 0 aliphatic heterocycles. The van der Waals surface area contributed by atoms with E-state index in [-0.39, 0.29) is 13.2 Å². The van der Waals surface area contributed by atoms with Crippen molar-refractivity contribution in [2.75, 3.05) is 13.2 Å². The van der Waals surface area contributed by atoms with Crippen molar-refractivity contribution in [3.8, 4) is 5.88 Å². The number of ether oxygens (including phenoxy) is 1. The molecule has 84 valence electrons. The van der Waals surface area contributed by atoms with E-state index in [4.69, 9.17) is 14.9 Å². The Labute approximate surface area is 89.5 Å². The van der Waals surface area contributed by atoms with E-state index < -0.39 is 6.10 Å². The van der Waals surface area contributed by atoms with Crippen LogP contribution in [-0.4, -0.2) is 34.5 Å². The van der Waals surface area contributed by atoms with Crippen LogP contribution in [0.1, 0.15) is 25.3 Å². The molecule has 2 N–H and O–H groups in total. The summed E-state index contributed by atoms with van der Waals surface area (Å²) in [5.41, 5.74) is 1.14. The van der Waals surface area contributed by atoms with Crippen LogP contribution in [0.15, 0.2) is 18.3 Å². The average molecular weight is 211 g/mol. The van der Waals surface area contributed by atoms with Crippen molar-refractivity contribution >= 4 is 0 Å². The molecule has 4 nitrogen and oxygen atoms in total. The van der Waals surface area contributed by atoms with Crippen molar-refractivity contribution in [1.82, 2.24) is 4.98 Å². The van der Waals surface area contributed by atoms with Crippen LogP contribution in [-0.2, 0) is 0 Å². The van der Waals surface area contributed by atoms with Crippen LogP contribution < -0.4 is 4.74 Å². The Morgan fingerprint density at radius 1 is 1.47 bits per heavy atom. The smallest absolute Gasteiger partial charge is 0.213 e. The maximum Gasteiger partial charge on any atom is 0.213 e. The van der Waals surface area contributed by atoms with Gasteiger partial charge < -0.3 is 14.9 Å². The molecule has 1 aromatic rings. The largest absolute Gasteiger partial charge is 0.475 e. The molecule has 0 spiro atoms. The highest BCUT2D eigenvalue weighted by Gasteiger charge is 2.05. The van der Waals surface area contributed by atoms with E-state index in [2.05, 4.69) is 18.8 Å². The summed E-state index contributed by atoms with van der Waals surface area (Å²) in [5, 5.41) is 17.7. The fourth-order valence-electron chi connectivity index (χ4n) is 1.10. The van der Waals surface area contributed by atoms with E-state index in [0.717, 1.165) is 5.56 Å². The van der Waals surface area contributed by atoms with Gasteiger partial charge in [0.25, 0.3) is 0 Å². The van der Waals surface area contributed by atoms with Crippen LogP contribution in [0.3, 0.4) is 0 Å². The lowest BCUT2D eigenvalue weighted by Gasteiger charge is -2.10. The topological polar surface area (TPSA) is 62.6 Å². The van der Waals surface area contributed by atoms with Crippen molar-refractivity contribution in [2.24, 2.45) is 0 Å². The molecule has 0 saturated carbocycles. The van der Waals surface area contributed by atoms with Gasteiger partial charge in [-0.2, -0.15) is 0 Å². The van der Waals surface area contributed by atoms with E-state index in [1.54, 1.807) is 6.20 Å². The van der Waals surface area contributed by atoms with E-state index in [0.29, 0.717) is 11.8 Å². The Hall–Kier alpha value is -1.13. The zero-order chi connectivity index (χ0) is 11.3. The quantitative estimate of drug-likeness (QED) is 0.760. The standard InChI is InChI=1S/C11H17NO3/c1-8(2)9-3-4-12-11(5-9)15-7-10(14)6-13/h3-5,8,10,13-14H,6-7H2,1-2H3/t10-/m1/s1. The SMILES string of the molecule is CC(C)c1ccnc(OC[C@H](O)CO)c1. The summed E-state index contributed by atoms with van der Waals surface area (Å²) in [6, 6.07) is 3.77. The van der Waals surface area contributed by atoms with Crippen molar-refractivity contribution < 1.29 is 14.9 Å². The van der Waals surface area contributed by atoms with Gasteiger partial charge in [0.2, 0.25) is 5.88 Å². The van der Waals surface area contributed by atoms with Gasteiger partial charge in [0, 0.05) is 12.3 Å². The minimum Gasteiger partial charge on any atom is -0.475 e. The highest BCUT2D eigenvalue weighted by atomic mass is 16.5. The monoisotopic (exact) mass is 211 g/mol. The first-order chi connectivity index (χ1) is 7.13. The molecule has 0 fully saturated rings. The number of aromatic nitrogens is 1.